The molecule has 3 aromatic rings. The van der Waals surface area contributed by atoms with E-state index in [9.17, 15) is 13.7 Å². The fourth-order valence-electron chi connectivity index (χ4n) is 3.12. The largest absolute Gasteiger partial charge is 0.365 e. The van der Waals surface area contributed by atoms with Crippen LogP contribution < -0.4 is 9.83 Å². The molecule has 2 N–H and O–H groups in total. The fraction of sp³-hybridized carbons (Fsp3) is 0.375. The molecule has 0 radical (unpaired) electrons. The monoisotopic (exact) mass is 360 g/mol. The summed E-state index contributed by atoms with van der Waals surface area (Å²) in [6, 6.07) is -0.183. The Labute approximate surface area is 146 Å². The Kier molecular flexibility index (Phi) is 4.02. The van der Waals surface area contributed by atoms with Crippen LogP contribution in [0.5, 0.6) is 0 Å². The summed E-state index contributed by atoms with van der Waals surface area (Å²) in [5.74, 6) is -1.98. The number of anilines is 1. The summed E-state index contributed by atoms with van der Waals surface area (Å²) in [5, 5.41) is 9.05. The second-order valence-corrected chi connectivity index (χ2v) is 6.31. The number of rotatable bonds is 4. The molecule has 0 spiro atoms. The zero-order valence-corrected chi connectivity index (χ0v) is 13.7. The molecule has 134 valence electrons. The molecule has 10 heteroatoms. The maximum atomic E-state index is 13.3. The van der Waals surface area contributed by atoms with Crippen molar-refractivity contribution >= 4 is 17.0 Å². The lowest BCUT2D eigenvalue weighted by atomic mass is 9.92. The van der Waals surface area contributed by atoms with Crippen LogP contribution in [0.1, 0.15) is 25.7 Å². The van der Waals surface area contributed by atoms with Crippen LogP contribution in [0.15, 0.2) is 36.2 Å². The van der Waals surface area contributed by atoms with Crippen LogP contribution in [0.2, 0.25) is 0 Å². The standard InChI is InChI=1S/C16H15F2N7O/c17-16(18)3-1-10(2-4-16)22-15-12(24-26)8-20-14(23-15)11-7-21-25-6-5-19-9-13(11)25/h5-10H,1-4H2,(H,20,22,23,26)/p+1. The highest BCUT2D eigenvalue weighted by Gasteiger charge is 2.35. The first kappa shape index (κ1) is 16.4. The maximum Gasteiger partial charge on any atom is 0.266 e. The zero-order chi connectivity index (χ0) is 18.1. The first-order valence-electron chi connectivity index (χ1n) is 8.24. The van der Waals surface area contributed by atoms with E-state index in [2.05, 4.69) is 30.5 Å². The molecular weight excluding hydrogens is 344 g/mol. The lowest BCUT2D eigenvalue weighted by Gasteiger charge is -2.29. The van der Waals surface area contributed by atoms with E-state index >= 15 is 0 Å². The van der Waals surface area contributed by atoms with Gasteiger partial charge in [0.2, 0.25) is 12.1 Å². The van der Waals surface area contributed by atoms with Crippen LogP contribution >= 0.6 is 0 Å². The SMILES string of the molecule is O=Nc1cnc(-c2c[nH][n+]3ccncc23)nc1NC1CCC(F)(F)CC1. The first-order valence-corrected chi connectivity index (χ1v) is 8.24. The molecule has 3 heterocycles. The van der Waals surface area contributed by atoms with Gasteiger partial charge in [-0.25, -0.2) is 18.7 Å². The van der Waals surface area contributed by atoms with Crippen LogP contribution in [0.4, 0.5) is 20.3 Å². The van der Waals surface area contributed by atoms with Crippen molar-refractivity contribution in [3.63, 3.8) is 0 Å². The molecule has 3 aromatic heterocycles. The van der Waals surface area contributed by atoms with Gasteiger partial charge in [0.25, 0.3) is 5.52 Å². The summed E-state index contributed by atoms with van der Waals surface area (Å²) in [5.41, 5.74) is 1.52. The van der Waals surface area contributed by atoms with Gasteiger partial charge in [0, 0.05) is 18.9 Å². The lowest BCUT2D eigenvalue weighted by molar-refractivity contribution is -0.577. The second-order valence-electron chi connectivity index (χ2n) is 6.31. The third kappa shape index (κ3) is 3.09. The third-order valence-corrected chi connectivity index (χ3v) is 4.55. The van der Waals surface area contributed by atoms with E-state index in [-0.39, 0.29) is 30.4 Å². The predicted octanol–water partition coefficient (Wildman–Crippen LogP) is 2.99. The average molecular weight is 360 g/mol. The molecule has 0 saturated heterocycles. The Morgan fingerprint density at radius 2 is 2.12 bits per heavy atom. The summed E-state index contributed by atoms with van der Waals surface area (Å²) in [4.78, 5) is 23.7. The number of hydrogen-bond acceptors (Lipinski definition) is 6. The van der Waals surface area contributed by atoms with E-state index in [0.717, 1.165) is 5.52 Å². The van der Waals surface area contributed by atoms with Gasteiger partial charge in [-0.2, -0.15) is 5.10 Å². The number of fused-ring (bicyclic) bond motifs is 1. The molecule has 1 aliphatic rings. The number of nitroso groups, excluding NO2 is 1. The van der Waals surface area contributed by atoms with Crippen molar-refractivity contribution < 1.29 is 13.3 Å². The van der Waals surface area contributed by atoms with Crippen molar-refractivity contribution in [3.05, 3.63) is 35.9 Å². The van der Waals surface area contributed by atoms with Gasteiger partial charge >= 0.3 is 0 Å². The predicted molar refractivity (Wildman–Crippen MR) is 89.1 cm³/mol. The van der Waals surface area contributed by atoms with Crippen LogP contribution in [-0.4, -0.2) is 32.0 Å². The average Bonchev–Trinajstić information content (AvgIpc) is 3.07. The quantitative estimate of drug-likeness (QED) is 0.550. The first-order chi connectivity index (χ1) is 12.6. The highest BCUT2D eigenvalue weighted by atomic mass is 19.3. The number of halogens is 2. The van der Waals surface area contributed by atoms with Crippen molar-refractivity contribution in [1.82, 2.24) is 20.1 Å². The van der Waals surface area contributed by atoms with Gasteiger partial charge in [0.15, 0.2) is 17.3 Å². The third-order valence-electron chi connectivity index (χ3n) is 4.55. The van der Waals surface area contributed by atoms with Gasteiger partial charge in [-0.15, -0.1) is 4.91 Å². The van der Waals surface area contributed by atoms with Crippen molar-refractivity contribution in [1.29, 1.82) is 0 Å². The summed E-state index contributed by atoms with van der Waals surface area (Å²) >= 11 is 0. The summed E-state index contributed by atoms with van der Waals surface area (Å²) in [6.07, 6.45) is 8.35. The van der Waals surface area contributed by atoms with E-state index in [0.29, 0.717) is 24.2 Å². The van der Waals surface area contributed by atoms with E-state index in [1.165, 1.54) is 6.20 Å². The minimum absolute atomic E-state index is 0.0525. The highest BCUT2D eigenvalue weighted by Crippen LogP contribution is 2.35. The van der Waals surface area contributed by atoms with E-state index in [4.69, 9.17) is 0 Å². The number of nitrogens with zero attached hydrogens (tertiary/aromatic N) is 5. The summed E-state index contributed by atoms with van der Waals surface area (Å²) < 4.78 is 28.4. The topological polar surface area (TPSA) is 100 Å². The van der Waals surface area contributed by atoms with Crippen LogP contribution in [0.3, 0.4) is 0 Å². The molecule has 0 unspecified atom stereocenters. The van der Waals surface area contributed by atoms with Gasteiger partial charge in [-0.05, 0) is 18.0 Å². The molecule has 0 aliphatic heterocycles. The number of hydrogen-bond donors (Lipinski definition) is 2. The van der Waals surface area contributed by atoms with E-state index in [1.807, 2.05) is 0 Å². The molecule has 0 amide bonds. The molecule has 1 fully saturated rings. The molecule has 26 heavy (non-hydrogen) atoms. The fourth-order valence-corrected chi connectivity index (χ4v) is 3.12. The number of aromatic amines is 1. The molecule has 4 rings (SSSR count). The molecular formula is C16H16F2N7O+. The maximum absolute atomic E-state index is 13.3. The Balaban J connectivity index is 1.65. The Bertz CT molecular complexity index is 949. The zero-order valence-electron chi connectivity index (χ0n) is 13.7. The molecule has 0 aromatic carbocycles. The van der Waals surface area contributed by atoms with Gasteiger partial charge < -0.3 is 5.32 Å². The minimum atomic E-state index is -2.62. The smallest absolute Gasteiger partial charge is 0.266 e. The molecule has 1 aliphatic carbocycles. The van der Waals surface area contributed by atoms with Crippen LogP contribution in [0.25, 0.3) is 16.9 Å². The molecule has 0 bridgehead atoms. The van der Waals surface area contributed by atoms with Gasteiger partial charge in [-0.3, -0.25) is 4.98 Å². The summed E-state index contributed by atoms with van der Waals surface area (Å²) in [7, 11) is 0. The molecule has 1 saturated carbocycles. The molecule has 8 nitrogen and oxygen atoms in total. The number of H-pyrrole nitrogens is 1. The lowest BCUT2D eigenvalue weighted by Crippen LogP contribution is -2.32. The van der Waals surface area contributed by atoms with Crippen LogP contribution in [-0.2, 0) is 0 Å². The van der Waals surface area contributed by atoms with Crippen molar-refractivity contribution in [3.8, 4) is 11.4 Å². The number of aromatic nitrogens is 5. The van der Waals surface area contributed by atoms with Crippen molar-refractivity contribution in [2.24, 2.45) is 5.18 Å². The van der Waals surface area contributed by atoms with Gasteiger partial charge in [0.1, 0.15) is 11.8 Å². The Hall–Kier alpha value is -3.04. The van der Waals surface area contributed by atoms with Crippen LogP contribution in [0, 0.1) is 4.91 Å². The Morgan fingerprint density at radius 1 is 1.31 bits per heavy atom. The Morgan fingerprint density at radius 3 is 2.88 bits per heavy atom. The summed E-state index contributed by atoms with van der Waals surface area (Å²) in [6.45, 7) is 0. The van der Waals surface area contributed by atoms with E-state index in [1.54, 1.807) is 29.3 Å². The van der Waals surface area contributed by atoms with E-state index < -0.39 is 5.92 Å². The highest BCUT2D eigenvalue weighted by molar-refractivity contribution is 5.73. The number of nitrogens with one attached hydrogen (secondary N) is 2. The number of alkyl halides is 2. The normalized spacial score (nSPS) is 17.3. The minimum Gasteiger partial charge on any atom is -0.365 e. The van der Waals surface area contributed by atoms with Crippen molar-refractivity contribution in [2.75, 3.05) is 5.32 Å². The van der Waals surface area contributed by atoms with Gasteiger partial charge in [-0.1, -0.05) is 4.52 Å². The molecule has 0 atom stereocenters. The second kappa shape index (κ2) is 6.36. The van der Waals surface area contributed by atoms with Crippen molar-refractivity contribution in [2.45, 2.75) is 37.6 Å². The van der Waals surface area contributed by atoms with Gasteiger partial charge in [0.05, 0.1) is 18.6 Å².